The number of carbonyl (C=O) groups excluding carboxylic acids is 3. The third kappa shape index (κ3) is 25.2. The molecule has 0 aliphatic carbocycles. The predicted molar refractivity (Wildman–Crippen MR) is 419 cm³/mol. The first kappa shape index (κ1) is 88.4. The van der Waals surface area contributed by atoms with Crippen LogP contribution in [0.4, 0.5) is 17.1 Å². The molecule has 1 aliphatic heterocycles. The summed E-state index contributed by atoms with van der Waals surface area (Å²) in [7, 11) is 3.02. The summed E-state index contributed by atoms with van der Waals surface area (Å²) in [6.07, 6.45) is 0. The second-order valence-electron chi connectivity index (χ2n) is 23.3. The SMILES string of the molecule is CC(C)C(=O)c1cc(Br)cc(Br)c1.CON(C)C(=O)c1cc(Br)cc(Br)c1.Cc1cc(=O)[nH][nH]1.O=C(O)c1cc(Br)cc(Br)c1.[C-]#[N+]/C(C#N)=C(\c1cc(C#N)cc([N+]#[C-])c1)C(C)C.[C-]#[N+]c1cc(C#N)cc(C(=O)C(C)C)c1.[C-]#[N+]c1cc(C#N)cc(C2(C(C)C)C(C#N)=C(N)Oc3n[nH]c(C)c32)c1. The number of Topliss-reactive ketones (excluding diaryl/α,β-unsaturated/α-hetero) is 2. The summed E-state index contributed by atoms with van der Waals surface area (Å²) in [5.41, 5.74) is 13.4. The fourth-order valence-electron chi connectivity index (χ4n) is 9.81. The molecule has 0 saturated carbocycles. The van der Waals surface area contributed by atoms with Crippen LogP contribution in [-0.4, -0.2) is 68.2 Å². The lowest BCUT2D eigenvalue weighted by molar-refractivity contribution is -0.0757. The van der Waals surface area contributed by atoms with Crippen molar-refractivity contribution in [2.24, 2.45) is 29.4 Å². The number of nitrogens with two attached hydrogens (primary N) is 1. The number of H-pyrrole nitrogens is 3. The van der Waals surface area contributed by atoms with E-state index in [1.807, 2.05) is 97.9 Å². The van der Waals surface area contributed by atoms with Gasteiger partial charge >= 0.3 is 5.97 Å². The van der Waals surface area contributed by atoms with Gasteiger partial charge in [0, 0.05) is 96.6 Å². The van der Waals surface area contributed by atoms with E-state index in [-0.39, 0.29) is 69.4 Å². The van der Waals surface area contributed by atoms with E-state index in [1.54, 1.807) is 75.5 Å². The van der Waals surface area contributed by atoms with E-state index >= 15 is 0 Å². The number of ether oxygens (including phenoxy) is 1. The standard InChI is InChI=1S/C19H16N6O.C15H10N4.C12H10N2O.C10H10Br2O.C9H9Br2NO2.C7H4Br2O2.C4H6N2O/c1-10(2)19(13-5-12(8-20)6-14(7-13)23-4)15(9-21)17(22)26-18-16(19)11(3)24-25-18;1-10(2)15(14(9-17)19-4)12-5-11(8-16)6-13(7-12)18-3;1-8(2)12(15)10-4-9(7-13)5-11(6-10)14-3;1-6(2)10(13)7-3-8(11)5-9(12)4-7;1-12(14-2)9(13)6-3-7(10)5-8(11)4-6;8-5-1-4(7(10)11)2-6(9)3-5;1-3-2-4(7)6-5-3/h5-7,10H,22H2,1-3H3,(H,24,25);5-7,10H,1-2H3;4-6,8H,1-2H3;3-6H,1-2H3;3-5H,1-2H3;1-3H,(H,10,11);2H,1H3,(H2,5,6,7)/b;15-14-;;;;;. The highest BCUT2D eigenvalue weighted by Gasteiger charge is 2.50. The number of rotatable bonds is 11. The number of nitriles is 5. The van der Waals surface area contributed by atoms with Crippen molar-refractivity contribution in [3.63, 3.8) is 0 Å². The molecule has 23 nitrogen and oxygen atoms in total. The highest BCUT2D eigenvalue weighted by atomic mass is 79.9. The minimum Gasteiger partial charge on any atom is -0.478 e. The van der Waals surface area contributed by atoms with E-state index in [0.717, 1.165) is 43.8 Å². The molecule has 6 N–H and O–H groups in total. The maximum absolute atomic E-state index is 11.7. The topological polar surface area (TPSA) is 350 Å². The summed E-state index contributed by atoms with van der Waals surface area (Å²) in [5, 5.41) is 67.8. The lowest BCUT2D eigenvalue weighted by atomic mass is 9.61. The van der Waals surface area contributed by atoms with E-state index < -0.39 is 11.4 Å². The van der Waals surface area contributed by atoms with Crippen LogP contribution in [0.15, 0.2) is 164 Å². The Morgan fingerprint density at radius 1 is 0.581 bits per heavy atom. The number of carbonyl (C=O) groups is 4. The molecule has 8 aromatic rings. The minimum atomic E-state index is -0.976. The molecule has 0 saturated heterocycles. The van der Waals surface area contributed by atoms with Crippen molar-refractivity contribution in [2.45, 2.75) is 74.7 Å². The summed E-state index contributed by atoms with van der Waals surface area (Å²) < 4.78 is 10.6. The first-order chi connectivity index (χ1) is 49.5. The summed E-state index contributed by atoms with van der Waals surface area (Å²) in [6, 6.07) is 41.5. The van der Waals surface area contributed by atoms with Crippen molar-refractivity contribution in [1.29, 1.82) is 26.3 Å². The normalized spacial score (nSPS) is 12.1. The highest BCUT2D eigenvalue weighted by molar-refractivity contribution is 9.11. The van der Waals surface area contributed by atoms with Gasteiger partial charge in [-0.1, -0.05) is 163 Å². The van der Waals surface area contributed by atoms with Gasteiger partial charge in [-0.2, -0.15) is 21.0 Å². The molecular formula is C76H65Br6N15O8. The number of amides is 1. The van der Waals surface area contributed by atoms with Crippen LogP contribution in [0.2, 0.25) is 0 Å². The van der Waals surface area contributed by atoms with E-state index in [2.05, 4.69) is 147 Å². The van der Waals surface area contributed by atoms with E-state index in [4.69, 9.17) is 62.5 Å². The number of ketones is 2. The van der Waals surface area contributed by atoms with Crippen LogP contribution in [0.5, 0.6) is 5.88 Å². The Kier molecular flexibility index (Phi) is 35.4. The molecule has 0 bridgehead atoms. The number of aromatic carboxylic acids is 1. The number of nitrogens with one attached hydrogen (secondary N) is 3. The Hall–Kier alpha value is -10.8. The Morgan fingerprint density at radius 2 is 1.00 bits per heavy atom. The molecule has 2 aromatic heterocycles. The van der Waals surface area contributed by atoms with Gasteiger partial charge < -0.3 is 20.7 Å². The van der Waals surface area contributed by atoms with Gasteiger partial charge in [0.2, 0.25) is 11.8 Å². The lowest BCUT2D eigenvalue weighted by Gasteiger charge is -2.41. The van der Waals surface area contributed by atoms with Crippen molar-refractivity contribution >= 4 is 142 Å². The summed E-state index contributed by atoms with van der Waals surface area (Å²) in [6.45, 7) is 47.0. The molecule has 534 valence electrons. The number of aryl methyl sites for hydroxylation is 2. The van der Waals surface area contributed by atoms with Gasteiger partial charge in [-0.25, -0.2) is 34.5 Å². The van der Waals surface area contributed by atoms with Crippen LogP contribution >= 0.6 is 95.6 Å². The molecular weight excluding hydrogens is 1730 g/mol. The fraction of sp³-hybridized carbons (Fsp3) is 0.224. The largest absolute Gasteiger partial charge is 0.478 e. The number of carboxylic acid groups (broad SMARTS) is 1. The fourth-order valence-corrected chi connectivity index (χ4v) is 13.7. The van der Waals surface area contributed by atoms with Crippen LogP contribution < -0.4 is 16.0 Å². The number of hydrogen-bond acceptors (Lipinski definition) is 14. The van der Waals surface area contributed by atoms with Gasteiger partial charge in [0.05, 0.1) is 74.2 Å². The third-order valence-electron chi connectivity index (χ3n) is 14.5. The molecule has 0 spiro atoms. The zero-order valence-corrected chi connectivity index (χ0v) is 67.9. The quantitative estimate of drug-likeness (QED) is 0.0348. The molecule has 1 unspecified atom stereocenters. The van der Waals surface area contributed by atoms with Gasteiger partial charge in [0.1, 0.15) is 11.6 Å². The molecule has 0 radical (unpaired) electrons. The average Bonchev–Trinajstić information content (AvgIpc) is 1.70. The van der Waals surface area contributed by atoms with Crippen LogP contribution in [0, 0.1) is 120 Å². The molecule has 105 heavy (non-hydrogen) atoms. The van der Waals surface area contributed by atoms with Gasteiger partial charge in [-0.05, 0) is 139 Å². The number of carboxylic acids is 1. The Morgan fingerprint density at radius 3 is 1.35 bits per heavy atom. The number of nitrogens with zero attached hydrogens (tertiary/aromatic N) is 11. The molecule has 0 fully saturated rings. The number of hydrogen-bond donors (Lipinski definition) is 5. The first-order valence-electron chi connectivity index (χ1n) is 30.7. The van der Waals surface area contributed by atoms with Crippen molar-refractivity contribution in [3.8, 4) is 36.2 Å². The Balaban J connectivity index is 0.000000328. The lowest BCUT2D eigenvalue weighted by Crippen LogP contribution is -2.41. The number of benzene rings is 6. The maximum Gasteiger partial charge on any atom is 0.335 e. The number of fused-ring (bicyclic) bond motifs is 1. The third-order valence-corrected chi connectivity index (χ3v) is 17.2. The van der Waals surface area contributed by atoms with Gasteiger partial charge in [-0.3, -0.25) is 34.2 Å². The molecule has 3 heterocycles. The monoisotopic (exact) mass is 1790 g/mol. The van der Waals surface area contributed by atoms with Gasteiger partial charge in [0.15, 0.2) is 28.6 Å². The number of aromatic amines is 3. The second-order valence-corrected chi connectivity index (χ2v) is 28.8. The Labute approximate surface area is 658 Å². The molecule has 1 atom stereocenters. The van der Waals surface area contributed by atoms with Crippen molar-refractivity contribution < 1.29 is 33.9 Å². The number of aromatic nitrogens is 4. The molecule has 6 aromatic carbocycles. The number of hydroxylamine groups is 2. The minimum absolute atomic E-state index is 0.000945. The predicted octanol–water partition coefficient (Wildman–Crippen LogP) is 19.9. The van der Waals surface area contributed by atoms with Crippen LogP contribution in [0.25, 0.3) is 25.0 Å². The van der Waals surface area contributed by atoms with Crippen LogP contribution in [-0.2, 0) is 10.3 Å². The summed E-state index contributed by atoms with van der Waals surface area (Å²) in [5.74, 6) is -0.955. The van der Waals surface area contributed by atoms with Crippen LogP contribution in [0.1, 0.15) is 142 Å². The molecule has 1 aliphatic rings. The maximum atomic E-state index is 11.7. The zero-order valence-electron chi connectivity index (χ0n) is 58.3. The molecule has 29 heteroatoms. The highest BCUT2D eigenvalue weighted by Crippen LogP contribution is 2.53. The number of allylic oxidation sites excluding steroid dienone is 3. The smallest absolute Gasteiger partial charge is 0.335 e. The van der Waals surface area contributed by atoms with Crippen molar-refractivity contribution in [1.82, 2.24) is 25.5 Å². The van der Waals surface area contributed by atoms with E-state index in [9.17, 15) is 34.5 Å². The first-order valence-corrected chi connectivity index (χ1v) is 35.4. The Bertz CT molecular complexity index is 4950. The molecule has 9 rings (SSSR count). The summed E-state index contributed by atoms with van der Waals surface area (Å²) >= 11 is 19.7. The zero-order chi connectivity index (χ0) is 79.3. The van der Waals surface area contributed by atoms with Gasteiger partial charge in [-0.15, -0.1) is 5.10 Å². The van der Waals surface area contributed by atoms with Gasteiger partial charge in [0.25, 0.3) is 17.2 Å². The second kappa shape index (κ2) is 42.1. The van der Waals surface area contributed by atoms with E-state index in [0.29, 0.717) is 73.0 Å². The molecule has 1 amide bonds. The van der Waals surface area contributed by atoms with Crippen LogP contribution in [0.3, 0.4) is 0 Å². The van der Waals surface area contributed by atoms with E-state index in [1.165, 1.54) is 48.6 Å². The average molecular weight is 1800 g/mol. The van der Waals surface area contributed by atoms with Crippen molar-refractivity contribution in [3.05, 3.63) is 282 Å². The number of halogens is 6. The van der Waals surface area contributed by atoms with Crippen molar-refractivity contribution in [2.75, 3.05) is 14.2 Å². The summed E-state index contributed by atoms with van der Waals surface area (Å²) in [4.78, 5) is 73.6.